The molecule has 170 valence electrons. The molecule has 0 spiro atoms. The van der Waals surface area contributed by atoms with E-state index in [0.717, 1.165) is 39.9 Å². The van der Waals surface area contributed by atoms with Crippen molar-refractivity contribution < 1.29 is 4.79 Å². The van der Waals surface area contributed by atoms with Crippen LogP contribution in [0, 0.1) is 6.92 Å². The van der Waals surface area contributed by atoms with Gasteiger partial charge in [-0.25, -0.2) is 0 Å². The van der Waals surface area contributed by atoms with Crippen LogP contribution in [0.4, 0.5) is 11.4 Å². The molecule has 1 amide bonds. The Hall–Kier alpha value is -3.90. The number of aromatic nitrogens is 1. The van der Waals surface area contributed by atoms with Crippen LogP contribution in [0.5, 0.6) is 0 Å². The first-order valence-corrected chi connectivity index (χ1v) is 11.7. The molecule has 0 unspecified atom stereocenters. The van der Waals surface area contributed by atoms with Crippen molar-refractivity contribution in [1.29, 1.82) is 0 Å². The second kappa shape index (κ2) is 9.15. The van der Waals surface area contributed by atoms with Gasteiger partial charge in [0.1, 0.15) is 0 Å². The first-order chi connectivity index (χ1) is 16.5. The fraction of sp³-hybridized carbons (Fsp3) is 0.143. The molecule has 5 rings (SSSR count). The third-order valence-electron chi connectivity index (χ3n) is 6.15. The average Bonchev–Trinajstić information content (AvgIpc) is 3.20. The van der Waals surface area contributed by atoms with E-state index in [9.17, 15) is 4.79 Å². The molecular formula is C28H26N4OS. The fourth-order valence-electron chi connectivity index (χ4n) is 4.28. The van der Waals surface area contributed by atoms with Crippen LogP contribution in [0.25, 0.3) is 17.0 Å². The van der Waals surface area contributed by atoms with Crippen LogP contribution in [0.2, 0.25) is 0 Å². The zero-order valence-corrected chi connectivity index (χ0v) is 20.0. The number of thiocarbonyl (C=S) groups is 1. The SMILES string of the molecule is CNc1ccc(Cn2cc(/C=C3\CNC(=S)N(c4ccc(C)cc4)C3=O)c3ccccc32)cc1. The minimum atomic E-state index is -0.0907. The van der Waals surface area contributed by atoms with Crippen molar-refractivity contribution in [3.8, 4) is 0 Å². The lowest BCUT2D eigenvalue weighted by Crippen LogP contribution is -2.51. The number of nitrogens with zero attached hydrogens (tertiary/aromatic N) is 2. The summed E-state index contributed by atoms with van der Waals surface area (Å²) in [6.07, 6.45) is 4.11. The average molecular weight is 467 g/mol. The van der Waals surface area contributed by atoms with Gasteiger partial charge in [0.2, 0.25) is 0 Å². The Morgan fingerprint density at radius 1 is 1.03 bits per heavy atom. The highest BCUT2D eigenvalue weighted by Crippen LogP contribution is 2.27. The summed E-state index contributed by atoms with van der Waals surface area (Å²) in [6, 6.07) is 24.6. The van der Waals surface area contributed by atoms with E-state index in [2.05, 4.69) is 57.8 Å². The Labute approximate surface area is 204 Å². The van der Waals surface area contributed by atoms with E-state index in [0.29, 0.717) is 17.2 Å². The van der Waals surface area contributed by atoms with Gasteiger partial charge in [0.15, 0.2) is 5.11 Å². The van der Waals surface area contributed by atoms with E-state index < -0.39 is 0 Å². The van der Waals surface area contributed by atoms with Gasteiger partial charge in [-0.3, -0.25) is 9.69 Å². The summed E-state index contributed by atoms with van der Waals surface area (Å²) in [7, 11) is 1.92. The first-order valence-electron chi connectivity index (χ1n) is 11.3. The van der Waals surface area contributed by atoms with E-state index in [1.54, 1.807) is 4.90 Å². The molecule has 0 radical (unpaired) electrons. The molecule has 1 saturated heterocycles. The van der Waals surface area contributed by atoms with Crippen LogP contribution in [0.3, 0.4) is 0 Å². The van der Waals surface area contributed by atoms with Crippen molar-refractivity contribution in [2.24, 2.45) is 0 Å². The number of aryl methyl sites for hydroxylation is 1. The molecule has 1 aromatic heterocycles. The third kappa shape index (κ3) is 4.20. The Balaban J connectivity index is 1.50. The number of carbonyl (C=O) groups excluding carboxylic acids is 1. The molecule has 5 nitrogen and oxygen atoms in total. The quantitative estimate of drug-likeness (QED) is 0.308. The zero-order chi connectivity index (χ0) is 23.7. The van der Waals surface area contributed by atoms with Gasteiger partial charge in [0.25, 0.3) is 5.91 Å². The minimum absolute atomic E-state index is 0.0907. The van der Waals surface area contributed by atoms with Crippen LogP contribution in [-0.2, 0) is 11.3 Å². The van der Waals surface area contributed by atoms with Crippen molar-refractivity contribution in [2.75, 3.05) is 23.8 Å². The van der Waals surface area contributed by atoms with Gasteiger partial charge in [-0.1, -0.05) is 48.0 Å². The van der Waals surface area contributed by atoms with Crippen molar-refractivity contribution in [2.45, 2.75) is 13.5 Å². The lowest BCUT2D eigenvalue weighted by molar-refractivity contribution is -0.114. The molecule has 2 heterocycles. The minimum Gasteiger partial charge on any atom is -0.388 e. The summed E-state index contributed by atoms with van der Waals surface area (Å²) >= 11 is 5.47. The summed E-state index contributed by atoms with van der Waals surface area (Å²) in [5.41, 5.74) is 7.03. The number of hydrogen-bond acceptors (Lipinski definition) is 3. The predicted octanol–water partition coefficient (Wildman–Crippen LogP) is 5.34. The van der Waals surface area contributed by atoms with Crippen LogP contribution in [-0.4, -0.2) is 29.2 Å². The Morgan fingerprint density at radius 3 is 2.50 bits per heavy atom. The summed E-state index contributed by atoms with van der Waals surface area (Å²) in [5.74, 6) is -0.0907. The van der Waals surface area contributed by atoms with Crippen LogP contribution in [0.15, 0.2) is 84.6 Å². The van der Waals surface area contributed by atoms with Crippen molar-refractivity contribution >= 4 is 51.6 Å². The second-order valence-corrected chi connectivity index (χ2v) is 8.87. The molecule has 4 aromatic rings. The predicted molar refractivity (Wildman–Crippen MR) is 144 cm³/mol. The first kappa shape index (κ1) is 21.9. The highest BCUT2D eigenvalue weighted by Gasteiger charge is 2.28. The number of carbonyl (C=O) groups is 1. The van der Waals surface area contributed by atoms with E-state index >= 15 is 0 Å². The summed E-state index contributed by atoms with van der Waals surface area (Å²) in [6.45, 7) is 3.18. The number of anilines is 2. The Kier molecular flexibility index (Phi) is 5.90. The maximum absolute atomic E-state index is 13.4. The number of hydrogen-bond donors (Lipinski definition) is 2. The molecular weight excluding hydrogens is 440 g/mol. The number of nitrogens with one attached hydrogen (secondary N) is 2. The largest absolute Gasteiger partial charge is 0.388 e. The molecule has 0 atom stereocenters. The van der Waals surface area contributed by atoms with Gasteiger partial charge in [0.05, 0.1) is 5.69 Å². The van der Waals surface area contributed by atoms with Gasteiger partial charge >= 0.3 is 0 Å². The van der Waals surface area contributed by atoms with Crippen LogP contribution < -0.4 is 15.5 Å². The molecule has 6 heteroatoms. The maximum atomic E-state index is 13.4. The van der Waals surface area contributed by atoms with Crippen molar-refractivity contribution in [1.82, 2.24) is 9.88 Å². The van der Waals surface area contributed by atoms with Gasteiger partial charge in [0, 0.05) is 54.1 Å². The van der Waals surface area contributed by atoms with Crippen LogP contribution in [0.1, 0.15) is 16.7 Å². The second-order valence-electron chi connectivity index (χ2n) is 8.48. The van der Waals surface area contributed by atoms with E-state index in [-0.39, 0.29) is 5.91 Å². The molecule has 1 aliphatic heterocycles. The molecule has 1 fully saturated rings. The van der Waals surface area contributed by atoms with E-state index in [1.807, 2.05) is 56.4 Å². The molecule has 0 saturated carbocycles. The normalized spacial score (nSPS) is 15.1. The number of rotatable bonds is 5. The zero-order valence-electron chi connectivity index (χ0n) is 19.2. The summed E-state index contributed by atoms with van der Waals surface area (Å²) in [4.78, 5) is 15.0. The Morgan fingerprint density at radius 2 is 1.76 bits per heavy atom. The van der Waals surface area contributed by atoms with E-state index in [4.69, 9.17) is 12.2 Å². The van der Waals surface area contributed by atoms with E-state index in [1.165, 1.54) is 5.56 Å². The highest BCUT2D eigenvalue weighted by atomic mass is 32.1. The number of fused-ring (bicyclic) bond motifs is 1. The third-order valence-corrected chi connectivity index (χ3v) is 6.47. The van der Waals surface area contributed by atoms with Gasteiger partial charge < -0.3 is 15.2 Å². The summed E-state index contributed by atoms with van der Waals surface area (Å²) in [5, 5.41) is 7.91. The number of benzene rings is 3. The topological polar surface area (TPSA) is 49.3 Å². The summed E-state index contributed by atoms with van der Waals surface area (Å²) < 4.78 is 2.24. The van der Waals surface area contributed by atoms with Gasteiger partial charge in [-0.15, -0.1) is 0 Å². The van der Waals surface area contributed by atoms with Gasteiger partial charge in [-0.05, 0) is 61.1 Å². The molecule has 0 aliphatic carbocycles. The highest BCUT2D eigenvalue weighted by molar-refractivity contribution is 7.80. The van der Waals surface area contributed by atoms with Crippen molar-refractivity contribution in [3.05, 3.63) is 101 Å². The van der Waals surface area contributed by atoms with Gasteiger partial charge in [-0.2, -0.15) is 0 Å². The fourth-order valence-corrected chi connectivity index (χ4v) is 4.55. The van der Waals surface area contributed by atoms with Crippen molar-refractivity contribution in [3.63, 3.8) is 0 Å². The molecule has 0 bridgehead atoms. The maximum Gasteiger partial charge on any atom is 0.262 e. The number of para-hydroxylation sites is 1. The smallest absolute Gasteiger partial charge is 0.262 e. The van der Waals surface area contributed by atoms with Crippen LogP contribution >= 0.6 is 12.2 Å². The lowest BCUT2D eigenvalue weighted by atomic mass is 10.1. The Bertz CT molecular complexity index is 1400. The molecule has 1 aliphatic rings. The molecule has 34 heavy (non-hydrogen) atoms. The lowest BCUT2D eigenvalue weighted by Gasteiger charge is -2.30. The number of amides is 1. The molecule has 2 N–H and O–H groups in total. The molecule has 3 aromatic carbocycles. The monoisotopic (exact) mass is 466 g/mol. The standard InChI is InChI=1S/C28H26N4OS/c1-19-7-13-24(14-8-19)32-27(33)21(16-30-28(32)34)15-22-18-31(26-6-4-3-5-25(22)26)17-20-9-11-23(29-2)12-10-20/h3-15,18,29H,16-17H2,1-2H3,(H,30,34)/b21-15+.